The van der Waals surface area contributed by atoms with Gasteiger partial charge in [0.15, 0.2) is 0 Å². The van der Waals surface area contributed by atoms with E-state index in [1.54, 1.807) is 31.2 Å². The Labute approximate surface area is 124 Å². The second-order valence-corrected chi connectivity index (χ2v) is 5.33. The van der Waals surface area contributed by atoms with Crippen molar-refractivity contribution in [2.75, 3.05) is 11.1 Å². The van der Waals surface area contributed by atoms with Gasteiger partial charge in [-0.2, -0.15) is 4.37 Å². The lowest BCUT2D eigenvalue weighted by molar-refractivity contribution is -0.121. The Kier molecular flexibility index (Phi) is 4.36. The zero-order valence-electron chi connectivity index (χ0n) is 10.6. The molecule has 0 spiro atoms. The van der Waals surface area contributed by atoms with Crippen LogP contribution in [0.5, 0.6) is 0 Å². The fourth-order valence-electron chi connectivity index (χ4n) is 1.62. The number of aldehydes is 1. The molecule has 1 unspecified atom stereocenters. The predicted octanol–water partition coefficient (Wildman–Crippen LogP) is 2.61. The van der Waals surface area contributed by atoms with Gasteiger partial charge in [0.05, 0.1) is 10.7 Å². The number of hydrogen-bond donors (Lipinski definition) is 2. The topological polar surface area (TPSA) is 85.1 Å². The summed E-state index contributed by atoms with van der Waals surface area (Å²) in [6, 6.07) is 6.58. The molecule has 1 aromatic heterocycles. The van der Waals surface area contributed by atoms with Crippen LogP contribution in [0, 0.1) is 6.92 Å². The number of nitrogens with one attached hydrogen (secondary N) is 1. The number of benzene rings is 1. The number of hydrogen-bond acceptors (Lipinski definition) is 5. The standard InChI is InChI=1S/C13H12ClN3O2S/c1-7-11(14)13(20-17-7)16-12(19)10(6-18)8-2-4-9(15)5-3-8/h2-6,10H,15H2,1H3,(H,16,19). The summed E-state index contributed by atoms with van der Waals surface area (Å²) in [5.41, 5.74) is 7.36. The third-order valence-corrected chi connectivity index (χ3v) is 4.17. The number of rotatable bonds is 4. The van der Waals surface area contributed by atoms with Crippen molar-refractivity contribution in [1.82, 2.24) is 4.37 Å². The monoisotopic (exact) mass is 309 g/mol. The van der Waals surface area contributed by atoms with Crippen molar-refractivity contribution >= 4 is 46.0 Å². The molecule has 2 rings (SSSR count). The van der Waals surface area contributed by atoms with Gasteiger partial charge in [-0.25, -0.2) is 0 Å². The summed E-state index contributed by atoms with van der Waals surface area (Å²) < 4.78 is 4.03. The van der Waals surface area contributed by atoms with E-state index in [1.807, 2.05) is 0 Å². The Morgan fingerprint density at radius 1 is 1.45 bits per heavy atom. The first-order valence-corrected chi connectivity index (χ1v) is 6.91. The molecule has 0 bridgehead atoms. The molecule has 0 fully saturated rings. The number of carbonyl (C=O) groups excluding carboxylic acids is 2. The minimum Gasteiger partial charge on any atom is -0.399 e. The molecule has 0 aliphatic carbocycles. The van der Waals surface area contributed by atoms with Crippen molar-refractivity contribution in [3.63, 3.8) is 0 Å². The van der Waals surface area contributed by atoms with Crippen LogP contribution in [0.4, 0.5) is 10.7 Å². The lowest BCUT2D eigenvalue weighted by Crippen LogP contribution is -2.21. The lowest BCUT2D eigenvalue weighted by atomic mass is 9.99. The fraction of sp³-hybridized carbons (Fsp3) is 0.154. The van der Waals surface area contributed by atoms with Crippen LogP contribution in [0.25, 0.3) is 0 Å². The number of aromatic nitrogens is 1. The van der Waals surface area contributed by atoms with Gasteiger partial charge in [-0.1, -0.05) is 23.7 Å². The summed E-state index contributed by atoms with van der Waals surface area (Å²) in [5, 5.41) is 3.45. The molecule has 5 nitrogen and oxygen atoms in total. The van der Waals surface area contributed by atoms with Crippen molar-refractivity contribution in [3.8, 4) is 0 Å². The number of nitrogens with zero attached hydrogens (tertiary/aromatic N) is 1. The fourth-order valence-corrected chi connectivity index (χ4v) is 2.56. The quantitative estimate of drug-likeness (QED) is 0.516. The van der Waals surface area contributed by atoms with Crippen molar-refractivity contribution in [1.29, 1.82) is 0 Å². The van der Waals surface area contributed by atoms with Crippen LogP contribution < -0.4 is 11.1 Å². The van der Waals surface area contributed by atoms with Crippen molar-refractivity contribution < 1.29 is 9.59 Å². The van der Waals surface area contributed by atoms with E-state index in [4.69, 9.17) is 17.3 Å². The third-order valence-electron chi connectivity index (χ3n) is 2.74. The number of anilines is 2. The van der Waals surface area contributed by atoms with E-state index in [9.17, 15) is 9.59 Å². The number of amides is 1. The number of carbonyl (C=O) groups is 2. The maximum absolute atomic E-state index is 12.1. The molecule has 1 amide bonds. The summed E-state index contributed by atoms with van der Waals surface area (Å²) >= 11 is 7.08. The van der Waals surface area contributed by atoms with Crippen LogP contribution in [0.3, 0.4) is 0 Å². The summed E-state index contributed by atoms with van der Waals surface area (Å²) in [6.45, 7) is 1.74. The van der Waals surface area contributed by atoms with E-state index in [-0.39, 0.29) is 0 Å². The van der Waals surface area contributed by atoms with Gasteiger partial charge < -0.3 is 15.8 Å². The van der Waals surface area contributed by atoms with Gasteiger partial charge in [-0.15, -0.1) is 0 Å². The molecule has 0 saturated carbocycles. The Morgan fingerprint density at radius 2 is 2.10 bits per heavy atom. The highest BCUT2D eigenvalue weighted by molar-refractivity contribution is 7.11. The normalized spacial score (nSPS) is 11.9. The van der Waals surface area contributed by atoms with E-state index in [2.05, 4.69) is 9.69 Å². The number of halogens is 1. The Bertz CT molecular complexity index is 640. The van der Waals surface area contributed by atoms with E-state index in [0.717, 1.165) is 11.5 Å². The van der Waals surface area contributed by atoms with E-state index in [0.29, 0.717) is 33.3 Å². The van der Waals surface area contributed by atoms with Crippen LogP contribution in [0.1, 0.15) is 17.2 Å². The maximum atomic E-state index is 12.1. The molecule has 104 valence electrons. The average molecular weight is 310 g/mol. The largest absolute Gasteiger partial charge is 0.399 e. The second-order valence-electron chi connectivity index (χ2n) is 4.18. The number of nitrogens with two attached hydrogens (primary N) is 1. The number of aryl methyl sites for hydroxylation is 1. The SMILES string of the molecule is Cc1nsc(NC(=O)C(C=O)c2ccc(N)cc2)c1Cl. The van der Waals surface area contributed by atoms with Gasteiger partial charge in [0.2, 0.25) is 5.91 Å². The Morgan fingerprint density at radius 3 is 2.60 bits per heavy atom. The van der Waals surface area contributed by atoms with Crippen LogP contribution in [-0.4, -0.2) is 16.6 Å². The third kappa shape index (κ3) is 2.97. The molecule has 1 heterocycles. The first-order chi connectivity index (χ1) is 9.52. The van der Waals surface area contributed by atoms with Crippen molar-refractivity contribution in [2.24, 2.45) is 0 Å². The predicted molar refractivity (Wildman–Crippen MR) is 80.2 cm³/mol. The highest BCUT2D eigenvalue weighted by atomic mass is 35.5. The van der Waals surface area contributed by atoms with Crippen LogP contribution in [0.15, 0.2) is 24.3 Å². The zero-order valence-corrected chi connectivity index (χ0v) is 12.2. The molecule has 0 aliphatic heterocycles. The molecule has 7 heteroatoms. The molecule has 2 aromatic rings. The first-order valence-electron chi connectivity index (χ1n) is 5.76. The van der Waals surface area contributed by atoms with Crippen molar-refractivity contribution in [2.45, 2.75) is 12.8 Å². The Hall–Kier alpha value is -1.92. The van der Waals surface area contributed by atoms with Crippen LogP contribution in [0.2, 0.25) is 5.02 Å². The van der Waals surface area contributed by atoms with Crippen LogP contribution >= 0.6 is 23.1 Å². The molecule has 1 aromatic carbocycles. The van der Waals surface area contributed by atoms with Gasteiger partial charge in [0.1, 0.15) is 17.2 Å². The summed E-state index contributed by atoms with van der Waals surface area (Å²) in [7, 11) is 0. The minimum atomic E-state index is -0.908. The summed E-state index contributed by atoms with van der Waals surface area (Å²) in [4.78, 5) is 23.3. The molecule has 20 heavy (non-hydrogen) atoms. The molecule has 1 atom stereocenters. The average Bonchev–Trinajstić information content (AvgIpc) is 2.74. The first kappa shape index (κ1) is 14.5. The molecule has 3 N–H and O–H groups in total. The van der Waals surface area contributed by atoms with Crippen LogP contribution in [-0.2, 0) is 9.59 Å². The van der Waals surface area contributed by atoms with Gasteiger partial charge in [0.25, 0.3) is 0 Å². The highest BCUT2D eigenvalue weighted by Crippen LogP contribution is 2.30. The lowest BCUT2D eigenvalue weighted by Gasteiger charge is -2.10. The van der Waals surface area contributed by atoms with E-state index >= 15 is 0 Å². The number of nitrogen functional groups attached to an aromatic ring is 1. The maximum Gasteiger partial charge on any atom is 0.239 e. The molecule has 0 radical (unpaired) electrons. The van der Waals surface area contributed by atoms with Gasteiger partial charge >= 0.3 is 0 Å². The molecule has 0 saturated heterocycles. The van der Waals surface area contributed by atoms with E-state index < -0.39 is 11.8 Å². The highest BCUT2D eigenvalue weighted by Gasteiger charge is 2.22. The summed E-state index contributed by atoms with van der Waals surface area (Å²) in [5.74, 6) is -1.36. The van der Waals surface area contributed by atoms with Gasteiger partial charge in [-0.3, -0.25) is 4.79 Å². The molecular weight excluding hydrogens is 298 g/mol. The van der Waals surface area contributed by atoms with E-state index in [1.165, 1.54) is 0 Å². The molecular formula is C13H12ClN3O2S. The summed E-state index contributed by atoms with van der Waals surface area (Å²) in [6.07, 6.45) is 0.586. The second kappa shape index (κ2) is 6.02. The smallest absolute Gasteiger partial charge is 0.239 e. The van der Waals surface area contributed by atoms with Gasteiger partial charge in [-0.05, 0) is 36.2 Å². The van der Waals surface area contributed by atoms with Crippen molar-refractivity contribution in [3.05, 3.63) is 40.5 Å². The molecule has 0 aliphatic rings. The zero-order chi connectivity index (χ0) is 14.7. The minimum absolute atomic E-state index is 0.394. The van der Waals surface area contributed by atoms with Gasteiger partial charge in [0, 0.05) is 5.69 Å². The Balaban J connectivity index is 2.19.